The van der Waals surface area contributed by atoms with Crippen molar-refractivity contribution >= 4 is 15.9 Å². The first kappa shape index (κ1) is 15.3. The van der Waals surface area contributed by atoms with E-state index in [0.717, 1.165) is 12.3 Å². The second-order valence-electron chi connectivity index (χ2n) is 3.54. The van der Waals surface area contributed by atoms with Crippen LogP contribution in [0.5, 0.6) is 0 Å². The number of aromatic nitrogens is 1. The number of hydrogen-bond acceptors (Lipinski definition) is 5. The molecule has 0 saturated heterocycles. The molecule has 0 radical (unpaired) electrons. The number of sulfonamides is 1. The molecular weight excluding hydrogens is 274 g/mol. The van der Waals surface area contributed by atoms with Gasteiger partial charge in [0.15, 0.2) is 0 Å². The lowest BCUT2D eigenvalue weighted by Gasteiger charge is -2.06. The quantitative estimate of drug-likeness (QED) is 0.523. The van der Waals surface area contributed by atoms with Gasteiger partial charge in [0, 0.05) is 32.1 Å². The van der Waals surface area contributed by atoms with Gasteiger partial charge in [0.1, 0.15) is 4.90 Å². The van der Waals surface area contributed by atoms with Gasteiger partial charge in [-0.2, -0.15) is 0 Å². The largest absolute Gasteiger partial charge is 0.383 e. The number of rotatable bonds is 7. The highest BCUT2D eigenvalue weighted by Crippen LogP contribution is 1.98. The summed E-state index contributed by atoms with van der Waals surface area (Å²) in [6, 6.07) is 1.09. The molecule has 0 atom stereocenters. The summed E-state index contributed by atoms with van der Waals surface area (Å²) in [4.78, 5) is 24.7. The number of carbonyl (C=O) groups is 1. The Morgan fingerprint density at radius 2 is 2.21 bits per heavy atom. The number of amides is 1. The Morgan fingerprint density at radius 1 is 1.47 bits per heavy atom. The third-order valence-electron chi connectivity index (χ3n) is 2.13. The molecule has 1 rings (SSSR count). The number of nitrogens with one attached hydrogen (secondary N) is 3. The van der Waals surface area contributed by atoms with Gasteiger partial charge >= 0.3 is 0 Å². The molecule has 1 heterocycles. The molecule has 0 spiro atoms. The van der Waals surface area contributed by atoms with Crippen molar-refractivity contribution in [1.29, 1.82) is 0 Å². The molecule has 3 N–H and O–H groups in total. The van der Waals surface area contributed by atoms with Gasteiger partial charge in [-0.1, -0.05) is 0 Å². The summed E-state index contributed by atoms with van der Waals surface area (Å²) in [6.07, 6.45) is 2.38. The highest BCUT2D eigenvalue weighted by atomic mass is 32.2. The maximum Gasteiger partial charge on any atom is 0.246 e. The summed E-state index contributed by atoms with van der Waals surface area (Å²) in [7, 11) is -2.52. The van der Waals surface area contributed by atoms with Gasteiger partial charge < -0.3 is 15.0 Å². The molecule has 9 heteroatoms. The van der Waals surface area contributed by atoms with Crippen molar-refractivity contribution in [2.75, 3.05) is 26.8 Å². The van der Waals surface area contributed by atoms with E-state index in [-0.39, 0.29) is 6.54 Å². The maximum absolute atomic E-state index is 11.8. The molecule has 0 bridgehead atoms. The zero-order valence-corrected chi connectivity index (χ0v) is 11.1. The molecule has 0 aliphatic rings. The van der Waals surface area contributed by atoms with Crippen LogP contribution in [0, 0.1) is 0 Å². The fraction of sp³-hybridized carbons (Fsp3) is 0.400. The van der Waals surface area contributed by atoms with Crippen molar-refractivity contribution in [1.82, 2.24) is 15.0 Å². The molecule has 1 aromatic rings. The van der Waals surface area contributed by atoms with Gasteiger partial charge in [-0.05, 0) is 0 Å². The minimum Gasteiger partial charge on any atom is -0.383 e. The summed E-state index contributed by atoms with van der Waals surface area (Å²) in [6.45, 7) is 0.167. The molecule has 19 heavy (non-hydrogen) atoms. The SMILES string of the molecule is COCCNC(=O)CNS(=O)(=O)c1c[nH]ccc1=O. The van der Waals surface area contributed by atoms with Crippen LogP contribution in [0.2, 0.25) is 0 Å². The minimum absolute atomic E-state index is 0.281. The second kappa shape index (κ2) is 7.02. The molecule has 8 nitrogen and oxygen atoms in total. The first-order valence-electron chi connectivity index (χ1n) is 5.40. The van der Waals surface area contributed by atoms with E-state index < -0.39 is 32.8 Å². The Kier molecular flexibility index (Phi) is 5.67. The Morgan fingerprint density at radius 3 is 2.84 bits per heavy atom. The highest BCUT2D eigenvalue weighted by Gasteiger charge is 2.18. The number of H-pyrrole nitrogens is 1. The highest BCUT2D eigenvalue weighted by molar-refractivity contribution is 7.89. The van der Waals surface area contributed by atoms with Crippen LogP contribution in [0.4, 0.5) is 0 Å². The van der Waals surface area contributed by atoms with Gasteiger partial charge in [0.05, 0.1) is 13.2 Å². The first-order valence-corrected chi connectivity index (χ1v) is 6.88. The van der Waals surface area contributed by atoms with Crippen LogP contribution in [0.1, 0.15) is 0 Å². The Balaban J connectivity index is 2.60. The standard InChI is InChI=1S/C10H15N3O5S/c1-18-5-4-12-10(15)7-13-19(16,17)9-6-11-3-2-8(9)14/h2-3,6,13H,4-5,7H2,1H3,(H,11,14)(H,12,15). The van der Waals surface area contributed by atoms with E-state index in [4.69, 9.17) is 4.74 Å². The van der Waals surface area contributed by atoms with E-state index in [9.17, 15) is 18.0 Å². The molecule has 0 aliphatic heterocycles. The van der Waals surface area contributed by atoms with Crippen molar-refractivity contribution in [3.8, 4) is 0 Å². The van der Waals surface area contributed by atoms with E-state index >= 15 is 0 Å². The van der Waals surface area contributed by atoms with Crippen LogP contribution < -0.4 is 15.5 Å². The summed E-state index contributed by atoms with van der Waals surface area (Å²) < 4.78 is 30.3. The van der Waals surface area contributed by atoms with Crippen LogP contribution in [0.15, 0.2) is 28.2 Å². The lowest BCUT2D eigenvalue weighted by atomic mass is 10.5. The number of carbonyl (C=O) groups excluding carboxylic acids is 1. The maximum atomic E-state index is 11.8. The van der Waals surface area contributed by atoms with Crippen molar-refractivity contribution in [2.45, 2.75) is 4.90 Å². The van der Waals surface area contributed by atoms with E-state index in [1.54, 1.807) is 0 Å². The average molecular weight is 289 g/mol. The molecule has 0 fully saturated rings. The molecule has 106 valence electrons. The van der Waals surface area contributed by atoms with Gasteiger partial charge in [0.2, 0.25) is 21.4 Å². The third kappa shape index (κ3) is 4.81. The summed E-state index contributed by atoms with van der Waals surface area (Å²) in [5, 5.41) is 2.45. The fourth-order valence-corrected chi connectivity index (χ4v) is 2.24. The van der Waals surface area contributed by atoms with Crippen LogP contribution in [-0.4, -0.2) is 46.1 Å². The molecule has 1 aromatic heterocycles. The Labute approximate surface area is 110 Å². The molecule has 1 amide bonds. The summed E-state index contributed by atoms with van der Waals surface area (Å²) in [5.41, 5.74) is -0.647. The molecular formula is C10H15N3O5S. The first-order chi connectivity index (χ1) is 8.97. The summed E-state index contributed by atoms with van der Waals surface area (Å²) in [5.74, 6) is -0.506. The normalized spacial score (nSPS) is 11.2. The van der Waals surface area contributed by atoms with Crippen LogP contribution >= 0.6 is 0 Å². The fourth-order valence-electron chi connectivity index (χ4n) is 1.20. The van der Waals surface area contributed by atoms with E-state index in [0.29, 0.717) is 6.61 Å². The zero-order chi connectivity index (χ0) is 14.3. The predicted molar refractivity (Wildman–Crippen MR) is 67.1 cm³/mol. The third-order valence-corrected chi connectivity index (χ3v) is 3.55. The number of ether oxygens (including phenoxy) is 1. The van der Waals surface area contributed by atoms with E-state index in [1.807, 2.05) is 4.72 Å². The lowest BCUT2D eigenvalue weighted by Crippen LogP contribution is -2.39. The molecule has 0 saturated carbocycles. The number of hydrogen-bond donors (Lipinski definition) is 3. The second-order valence-corrected chi connectivity index (χ2v) is 5.28. The lowest BCUT2D eigenvalue weighted by molar-refractivity contribution is -0.120. The zero-order valence-electron chi connectivity index (χ0n) is 10.3. The van der Waals surface area contributed by atoms with Gasteiger partial charge in [-0.3, -0.25) is 9.59 Å². The van der Waals surface area contributed by atoms with Crippen molar-refractivity contribution in [3.05, 3.63) is 28.7 Å². The van der Waals surface area contributed by atoms with Gasteiger partial charge in [-0.25, -0.2) is 13.1 Å². The molecule has 0 aromatic carbocycles. The molecule has 0 aliphatic carbocycles. The van der Waals surface area contributed by atoms with Gasteiger partial charge in [0.25, 0.3) is 0 Å². The van der Waals surface area contributed by atoms with E-state index in [2.05, 4.69) is 10.3 Å². The smallest absolute Gasteiger partial charge is 0.246 e. The van der Waals surface area contributed by atoms with Crippen molar-refractivity contribution in [2.24, 2.45) is 0 Å². The van der Waals surface area contributed by atoms with Crippen LogP contribution in [0.3, 0.4) is 0 Å². The summed E-state index contributed by atoms with van der Waals surface area (Å²) >= 11 is 0. The number of pyridine rings is 1. The minimum atomic E-state index is -4.00. The van der Waals surface area contributed by atoms with Crippen LogP contribution in [-0.2, 0) is 19.6 Å². The monoisotopic (exact) mass is 289 g/mol. The number of aromatic amines is 1. The number of methoxy groups -OCH3 is 1. The van der Waals surface area contributed by atoms with Crippen LogP contribution in [0.25, 0.3) is 0 Å². The topological polar surface area (TPSA) is 117 Å². The predicted octanol–water partition coefficient (Wildman–Crippen LogP) is -1.58. The molecule has 0 unspecified atom stereocenters. The van der Waals surface area contributed by atoms with Gasteiger partial charge in [-0.15, -0.1) is 0 Å². The average Bonchev–Trinajstić information content (AvgIpc) is 2.37. The Hall–Kier alpha value is -1.71. The van der Waals surface area contributed by atoms with Crippen molar-refractivity contribution < 1.29 is 17.9 Å². The van der Waals surface area contributed by atoms with E-state index in [1.165, 1.54) is 13.3 Å². The van der Waals surface area contributed by atoms with Crippen molar-refractivity contribution in [3.63, 3.8) is 0 Å². The Bertz CT molecular complexity index is 581.